The third-order valence-electron chi connectivity index (χ3n) is 5.07. The zero-order valence-electron chi connectivity index (χ0n) is 16.4. The average molecular weight is 366 g/mol. The minimum Gasteiger partial charge on any atom is -0.452 e. The quantitative estimate of drug-likeness (QED) is 0.345. The molecular weight excluding hydrogens is 344 g/mol. The second-order valence-corrected chi connectivity index (χ2v) is 8.63. The fourth-order valence-electron chi connectivity index (χ4n) is 3.88. The molecule has 28 heavy (non-hydrogen) atoms. The molecule has 0 aliphatic heterocycles. The number of furan rings is 1. The molecule has 0 bridgehead atoms. The van der Waals surface area contributed by atoms with E-state index in [1.807, 2.05) is 0 Å². The van der Waals surface area contributed by atoms with Gasteiger partial charge in [0, 0.05) is 10.9 Å². The number of benzene rings is 3. The van der Waals surface area contributed by atoms with Crippen molar-refractivity contribution >= 4 is 32.8 Å². The van der Waals surface area contributed by atoms with Crippen molar-refractivity contribution < 1.29 is 4.42 Å². The van der Waals surface area contributed by atoms with Gasteiger partial charge in [-0.05, 0) is 46.4 Å². The van der Waals surface area contributed by atoms with Crippen LogP contribution in [0, 0.1) is 5.41 Å². The summed E-state index contributed by atoms with van der Waals surface area (Å²) < 4.78 is 6.28. The van der Waals surface area contributed by atoms with Crippen LogP contribution in [0.15, 0.2) is 71.4 Å². The molecule has 0 spiro atoms. The van der Waals surface area contributed by atoms with E-state index in [4.69, 9.17) is 4.42 Å². The van der Waals surface area contributed by atoms with Crippen molar-refractivity contribution in [2.75, 3.05) is 0 Å². The Bertz CT molecular complexity index is 1330. The van der Waals surface area contributed by atoms with Crippen LogP contribution in [0.1, 0.15) is 26.3 Å². The van der Waals surface area contributed by atoms with Crippen LogP contribution >= 0.6 is 0 Å². The van der Waals surface area contributed by atoms with Gasteiger partial charge in [-0.25, -0.2) is 9.97 Å². The first-order valence-electron chi connectivity index (χ1n) is 9.63. The Kier molecular flexibility index (Phi) is 3.73. The van der Waals surface area contributed by atoms with Crippen molar-refractivity contribution in [2.24, 2.45) is 5.41 Å². The maximum absolute atomic E-state index is 6.28. The van der Waals surface area contributed by atoms with E-state index in [1.165, 1.54) is 16.3 Å². The van der Waals surface area contributed by atoms with E-state index in [0.717, 1.165) is 39.7 Å². The second-order valence-electron chi connectivity index (χ2n) is 8.63. The maximum atomic E-state index is 6.28. The van der Waals surface area contributed by atoms with Crippen LogP contribution in [0.4, 0.5) is 0 Å². The number of aromatic nitrogens is 2. The Labute approximate surface area is 164 Å². The zero-order valence-corrected chi connectivity index (χ0v) is 16.4. The van der Waals surface area contributed by atoms with Gasteiger partial charge in [0.15, 0.2) is 5.58 Å². The van der Waals surface area contributed by atoms with Crippen molar-refractivity contribution in [3.05, 3.63) is 72.6 Å². The van der Waals surface area contributed by atoms with Gasteiger partial charge in [0.1, 0.15) is 23.1 Å². The lowest BCUT2D eigenvalue weighted by atomic mass is 9.88. The minimum atomic E-state index is 0.232. The van der Waals surface area contributed by atoms with E-state index in [9.17, 15) is 0 Å². The number of rotatable bonds is 2. The minimum absolute atomic E-state index is 0.232. The van der Waals surface area contributed by atoms with Crippen molar-refractivity contribution in [1.29, 1.82) is 0 Å². The van der Waals surface area contributed by atoms with Gasteiger partial charge in [-0.2, -0.15) is 0 Å². The molecule has 0 N–H and O–H groups in total. The first kappa shape index (κ1) is 16.9. The highest BCUT2D eigenvalue weighted by Gasteiger charge is 2.17. The van der Waals surface area contributed by atoms with Crippen LogP contribution in [-0.4, -0.2) is 9.97 Å². The van der Waals surface area contributed by atoms with Gasteiger partial charge in [-0.3, -0.25) is 0 Å². The normalized spacial score (nSPS) is 12.2. The van der Waals surface area contributed by atoms with E-state index >= 15 is 0 Å². The summed E-state index contributed by atoms with van der Waals surface area (Å²) in [6.07, 6.45) is 2.63. The monoisotopic (exact) mass is 366 g/mol. The molecule has 0 radical (unpaired) electrons. The molecule has 3 heteroatoms. The molecule has 0 atom stereocenters. The summed E-state index contributed by atoms with van der Waals surface area (Å²) in [7, 11) is 0. The molecule has 5 rings (SSSR count). The SMILES string of the molecule is CC(C)(C)Cc1ccc2c(c1)oc1c(-c3ccc4ccccc4c3)ncnc12. The molecule has 2 heterocycles. The van der Waals surface area contributed by atoms with E-state index in [0.29, 0.717) is 0 Å². The summed E-state index contributed by atoms with van der Waals surface area (Å²) in [6, 6.07) is 21.2. The van der Waals surface area contributed by atoms with Crippen LogP contribution in [0.5, 0.6) is 0 Å². The van der Waals surface area contributed by atoms with E-state index in [-0.39, 0.29) is 5.41 Å². The molecule has 0 unspecified atom stereocenters. The van der Waals surface area contributed by atoms with Crippen LogP contribution < -0.4 is 0 Å². The molecule has 0 saturated carbocycles. The van der Waals surface area contributed by atoms with Gasteiger partial charge >= 0.3 is 0 Å². The largest absolute Gasteiger partial charge is 0.452 e. The molecule has 0 aliphatic rings. The van der Waals surface area contributed by atoms with Crippen LogP contribution in [0.2, 0.25) is 0 Å². The Morgan fingerprint density at radius 2 is 1.68 bits per heavy atom. The fourth-order valence-corrected chi connectivity index (χ4v) is 3.88. The molecule has 0 amide bonds. The molecule has 0 fully saturated rings. The summed E-state index contributed by atoms with van der Waals surface area (Å²) in [5.41, 5.74) is 5.88. The van der Waals surface area contributed by atoms with Gasteiger partial charge in [-0.1, -0.05) is 63.2 Å². The summed E-state index contributed by atoms with van der Waals surface area (Å²) in [4.78, 5) is 9.07. The van der Waals surface area contributed by atoms with Crippen LogP contribution in [-0.2, 0) is 6.42 Å². The van der Waals surface area contributed by atoms with E-state index < -0.39 is 0 Å². The van der Waals surface area contributed by atoms with Crippen molar-refractivity contribution in [3.63, 3.8) is 0 Å². The van der Waals surface area contributed by atoms with Gasteiger partial charge in [0.25, 0.3) is 0 Å². The highest BCUT2D eigenvalue weighted by Crippen LogP contribution is 2.35. The lowest BCUT2D eigenvalue weighted by Gasteiger charge is -2.17. The predicted molar refractivity (Wildman–Crippen MR) is 115 cm³/mol. The Morgan fingerprint density at radius 1 is 0.857 bits per heavy atom. The van der Waals surface area contributed by atoms with Crippen LogP contribution in [0.25, 0.3) is 44.1 Å². The summed E-state index contributed by atoms with van der Waals surface area (Å²) in [5, 5.41) is 3.44. The maximum Gasteiger partial charge on any atom is 0.180 e. The third-order valence-corrected chi connectivity index (χ3v) is 5.07. The highest BCUT2D eigenvalue weighted by atomic mass is 16.3. The molecule has 3 aromatic carbocycles. The first-order chi connectivity index (χ1) is 13.5. The lowest BCUT2D eigenvalue weighted by Crippen LogP contribution is -2.08. The average Bonchev–Trinajstić information content (AvgIpc) is 3.04. The number of hydrogen-bond donors (Lipinski definition) is 0. The summed E-state index contributed by atoms with van der Waals surface area (Å²) >= 11 is 0. The van der Waals surface area contributed by atoms with Gasteiger partial charge < -0.3 is 4.42 Å². The number of hydrogen-bond acceptors (Lipinski definition) is 3. The topological polar surface area (TPSA) is 38.9 Å². The van der Waals surface area contributed by atoms with Crippen molar-refractivity contribution in [3.8, 4) is 11.3 Å². The molecule has 138 valence electrons. The highest BCUT2D eigenvalue weighted by molar-refractivity contribution is 6.06. The fraction of sp³-hybridized carbons (Fsp3) is 0.200. The molecular formula is C25H22N2O. The first-order valence-corrected chi connectivity index (χ1v) is 9.63. The van der Waals surface area contributed by atoms with Crippen molar-refractivity contribution in [2.45, 2.75) is 27.2 Å². The lowest BCUT2D eigenvalue weighted by molar-refractivity contribution is 0.411. The standard InChI is InChI=1S/C25H22N2O/c1-25(2,3)14-16-8-11-20-21(12-16)28-24-22(26-15-27-23(20)24)19-10-9-17-6-4-5-7-18(17)13-19/h4-13,15H,14H2,1-3H3. The van der Waals surface area contributed by atoms with Gasteiger partial charge in [0.05, 0.1) is 0 Å². The molecule has 0 aliphatic carbocycles. The number of fused-ring (bicyclic) bond motifs is 4. The molecule has 3 nitrogen and oxygen atoms in total. The number of nitrogens with zero attached hydrogens (tertiary/aromatic N) is 2. The molecule has 5 aromatic rings. The zero-order chi connectivity index (χ0) is 19.3. The Morgan fingerprint density at radius 3 is 2.50 bits per heavy atom. The van der Waals surface area contributed by atoms with Crippen molar-refractivity contribution in [1.82, 2.24) is 9.97 Å². The molecule has 2 aromatic heterocycles. The third kappa shape index (κ3) is 2.93. The van der Waals surface area contributed by atoms with Gasteiger partial charge in [0.2, 0.25) is 0 Å². The summed E-state index contributed by atoms with van der Waals surface area (Å²) in [6.45, 7) is 6.75. The Balaban J connectivity index is 1.69. The smallest absolute Gasteiger partial charge is 0.180 e. The van der Waals surface area contributed by atoms with E-state index in [2.05, 4.69) is 91.4 Å². The van der Waals surface area contributed by atoms with Crippen LogP contribution in [0.3, 0.4) is 0 Å². The Hall–Kier alpha value is -3.20. The summed E-state index contributed by atoms with van der Waals surface area (Å²) in [5.74, 6) is 0. The second kappa shape index (κ2) is 6.16. The van der Waals surface area contributed by atoms with E-state index in [1.54, 1.807) is 6.33 Å². The molecule has 0 saturated heterocycles. The van der Waals surface area contributed by atoms with Gasteiger partial charge in [-0.15, -0.1) is 0 Å². The predicted octanol–water partition coefficient (Wildman–Crippen LogP) is 6.78.